The number of H-pyrrole nitrogens is 1. The van der Waals surface area contributed by atoms with Gasteiger partial charge in [0.05, 0.1) is 17.4 Å². The van der Waals surface area contributed by atoms with Gasteiger partial charge in [-0.25, -0.2) is 0 Å². The standard InChI is InChI=1S/C22H28N4O2/c1-14-18(15(2)25-24-14)11-26-12-19-17(20-8-9-22(19,13-26)28-20)10-23-21(27)16-6-4-3-5-7-16/h3-7,17,19-20H,8-13H2,1-2H3,(H,23,27)(H,24,25)/t17-,19+,20+,22+/m0/s1. The van der Waals surface area contributed by atoms with Crippen molar-refractivity contribution < 1.29 is 9.53 Å². The number of fused-ring (bicyclic) bond motifs is 1. The van der Waals surface area contributed by atoms with E-state index in [1.54, 1.807) is 0 Å². The molecule has 0 aliphatic carbocycles. The summed E-state index contributed by atoms with van der Waals surface area (Å²) >= 11 is 0. The second-order valence-electron chi connectivity index (χ2n) is 8.69. The molecule has 3 aliphatic heterocycles. The van der Waals surface area contributed by atoms with Gasteiger partial charge in [-0.15, -0.1) is 0 Å². The number of likely N-dealkylation sites (tertiary alicyclic amines) is 1. The third-order valence-corrected chi connectivity index (χ3v) is 7.05. The van der Waals surface area contributed by atoms with Gasteiger partial charge in [-0.3, -0.25) is 14.8 Å². The van der Waals surface area contributed by atoms with Gasteiger partial charge >= 0.3 is 0 Å². The SMILES string of the molecule is Cc1n[nH]c(C)c1CN1C[C@@H]2[C@H](CNC(=O)c3ccccc3)[C@H]3CC[C@]2(C1)O3. The molecule has 6 heteroatoms. The van der Waals surface area contributed by atoms with E-state index in [-0.39, 0.29) is 11.5 Å². The molecule has 6 nitrogen and oxygen atoms in total. The maximum atomic E-state index is 12.5. The van der Waals surface area contributed by atoms with Crippen molar-refractivity contribution in [2.75, 3.05) is 19.6 Å². The number of hydrogen-bond donors (Lipinski definition) is 2. The largest absolute Gasteiger partial charge is 0.370 e. The fourth-order valence-corrected chi connectivity index (χ4v) is 5.61. The number of nitrogens with one attached hydrogen (secondary N) is 2. The van der Waals surface area contributed by atoms with Crippen molar-refractivity contribution in [2.24, 2.45) is 11.8 Å². The molecule has 28 heavy (non-hydrogen) atoms. The van der Waals surface area contributed by atoms with Gasteiger partial charge in [-0.2, -0.15) is 5.10 Å². The van der Waals surface area contributed by atoms with Crippen molar-refractivity contribution in [3.8, 4) is 0 Å². The summed E-state index contributed by atoms with van der Waals surface area (Å²) < 4.78 is 6.53. The van der Waals surface area contributed by atoms with Gasteiger partial charge in [0.1, 0.15) is 0 Å². The molecule has 1 spiro atoms. The summed E-state index contributed by atoms with van der Waals surface area (Å²) in [6.07, 6.45) is 2.55. The van der Waals surface area contributed by atoms with Gasteiger partial charge in [0.15, 0.2) is 0 Å². The molecule has 1 aromatic carbocycles. The molecule has 0 unspecified atom stereocenters. The number of carbonyl (C=O) groups is 1. The maximum Gasteiger partial charge on any atom is 0.251 e. The van der Waals surface area contributed by atoms with Gasteiger partial charge in [-0.05, 0) is 38.8 Å². The summed E-state index contributed by atoms with van der Waals surface area (Å²) in [5.41, 5.74) is 4.26. The lowest BCUT2D eigenvalue weighted by molar-refractivity contribution is 0.00209. The summed E-state index contributed by atoms with van der Waals surface area (Å²) in [5.74, 6) is 0.907. The Morgan fingerprint density at radius 1 is 1.36 bits per heavy atom. The molecule has 3 saturated heterocycles. The number of benzene rings is 1. The van der Waals surface area contributed by atoms with Crippen LogP contribution in [0.3, 0.4) is 0 Å². The number of rotatable bonds is 5. The molecular weight excluding hydrogens is 352 g/mol. The van der Waals surface area contributed by atoms with E-state index < -0.39 is 0 Å². The van der Waals surface area contributed by atoms with E-state index in [4.69, 9.17) is 4.74 Å². The molecule has 0 saturated carbocycles. The minimum absolute atomic E-state index is 0.0110. The van der Waals surface area contributed by atoms with Crippen LogP contribution < -0.4 is 5.32 Å². The van der Waals surface area contributed by atoms with E-state index in [1.165, 1.54) is 5.56 Å². The van der Waals surface area contributed by atoms with Crippen molar-refractivity contribution in [2.45, 2.75) is 44.9 Å². The second-order valence-corrected chi connectivity index (χ2v) is 8.69. The summed E-state index contributed by atoms with van der Waals surface area (Å²) in [5, 5.41) is 10.6. The van der Waals surface area contributed by atoms with Crippen LogP contribution in [0.4, 0.5) is 0 Å². The number of aromatic nitrogens is 2. The lowest BCUT2D eigenvalue weighted by atomic mass is 9.73. The van der Waals surface area contributed by atoms with E-state index in [9.17, 15) is 4.79 Å². The molecule has 4 atom stereocenters. The lowest BCUT2D eigenvalue weighted by Gasteiger charge is -2.29. The van der Waals surface area contributed by atoms with Crippen molar-refractivity contribution in [3.05, 3.63) is 52.8 Å². The molecule has 2 N–H and O–H groups in total. The van der Waals surface area contributed by atoms with Gasteiger partial charge in [0.25, 0.3) is 5.91 Å². The Kier molecular flexibility index (Phi) is 4.29. The minimum atomic E-state index is -0.0155. The zero-order valence-corrected chi connectivity index (χ0v) is 16.6. The Morgan fingerprint density at radius 3 is 2.93 bits per heavy atom. The summed E-state index contributed by atoms with van der Waals surface area (Å²) in [6, 6.07) is 9.46. The average molecular weight is 380 g/mol. The predicted octanol–water partition coefficient (Wildman–Crippen LogP) is 2.44. The van der Waals surface area contributed by atoms with E-state index in [2.05, 4.69) is 34.3 Å². The van der Waals surface area contributed by atoms with E-state index in [0.717, 1.165) is 49.4 Å². The number of ether oxygens (including phenoxy) is 1. The predicted molar refractivity (Wildman–Crippen MR) is 106 cm³/mol. The van der Waals surface area contributed by atoms with Crippen LogP contribution >= 0.6 is 0 Å². The highest BCUT2D eigenvalue weighted by Gasteiger charge is 2.62. The van der Waals surface area contributed by atoms with Crippen molar-refractivity contribution in [3.63, 3.8) is 0 Å². The summed E-state index contributed by atoms with van der Waals surface area (Å²) in [6.45, 7) is 7.80. The molecule has 3 aliphatic rings. The summed E-state index contributed by atoms with van der Waals surface area (Å²) in [7, 11) is 0. The smallest absolute Gasteiger partial charge is 0.251 e. The Hall–Kier alpha value is -2.18. The third-order valence-electron chi connectivity index (χ3n) is 7.05. The van der Waals surface area contributed by atoms with Gasteiger partial charge in [0, 0.05) is 54.8 Å². The highest BCUT2D eigenvalue weighted by atomic mass is 16.5. The highest BCUT2D eigenvalue weighted by Crippen LogP contribution is 2.54. The lowest BCUT2D eigenvalue weighted by Crippen LogP contribution is -2.41. The molecule has 2 aromatic rings. The molecule has 5 rings (SSSR count). The van der Waals surface area contributed by atoms with E-state index >= 15 is 0 Å². The van der Waals surface area contributed by atoms with Crippen LogP contribution in [-0.2, 0) is 11.3 Å². The maximum absolute atomic E-state index is 12.5. The average Bonchev–Trinajstić information content (AvgIpc) is 3.43. The zero-order valence-electron chi connectivity index (χ0n) is 16.6. The Morgan fingerprint density at radius 2 is 2.18 bits per heavy atom. The first kappa shape index (κ1) is 17.9. The van der Waals surface area contributed by atoms with Crippen LogP contribution in [0.1, 0.15) is 40.2 Å². The Balaban J connectivity index is 1.26. The Labute approximate surface area is 165 Å². The van der Waals surface area contributed by atoms with Crippen molar-refractivity contribution in [1.82, 2.24) is 20.4 Å². The van der Waals surface area contributed by atoms with Crippen LogP contribution in [0.2, 0.25) is 0 Å². The van der Waals surface area contributed by atoms with Crippen LogP contribution in [0.25, 0.3) is 0 Å². The third kappa shape index (κ3) is 2.86. The van der Waals surface area contributed by atoms with Crippen LogP contribution in [0, 0.1) is 25.7 Å². The highest BCUT2D eigenvalue weighted by molar-refractivity contribution is 5.94. The molecule has 0 radical (unpaired) electrons. The number of carbonyl (C=O) groups excluding carboxylic acids is 1. The normalized spacial score (nSPS) is 31.3. The van der Waals surface area contributed by atoms with Gasteiger partial charge in [-0.1, -0.05) is 18.2 Å². The zero-order chi connectivity index (χ0) is 19.3. The van der Waals surface area contributed by atoms with Crippen LogP contribution in [0.15, 0.2) is 30.3 Å². The quantitative estimate of drug-likeness (QED) is 0.836. The van der Waals surface area contributed by atoms with E-state index in [0.29, 0.717) is 24.5 Å². The molecule has 148 valence electrons. The van der Waals surface area contributed by atoms with Gasteiger partial charge < -0.3 is 10.1 Å². The first-order valence-corrected chi connectivity index (χ1v) is 10.3. The number of hydrogen-bond acceptors (Lipinski definition) is 4. The number of nitrogens with zero attached hydrogens (tertiary/aromatic N) is 2. The number of aryl methyl sites for hydroxylation is 2. The molecule has 1 amide bonds. The fourth-order valence-electron chi connectivity index (χ4n) is 5.61. The fraction of sp³-hybridized carbons (Fsp3) is 0.545. The first-order chi connectivity index (χ1) is 13.6. The first-order valence-electron chi connectivity index (χ1n) is 10.3. The number of aromatic amines is 1. The van der Waals surface area contributed by atoms with Gasteiger partial charge in [0.2, 0.25) is 0 Å². The molecular formula is C22H28N4O2. The van der Waals surface area contributed by atoms with Crippen LogP contribution in [-0.4, -0.2) is 52.3 Å². The monoisotopic (exact) mass is 380 g/mol. The van der Waals surface area contributed by atoms with Crippen LogP contribution in [0.5, 0.6) is 0 Å². The molecule has 4 heterocycles. The molecule has 1 aromatic heterocycles. The van der Waals surface area contributed by atoms with Crippen molar-refractivity contribution in [1.29, 1.82) is 0 Å². The Bertz CT molecular complexity index is 860. The second kappa shape index (κ2) is 6.71. The van der Waals surface area contributed by atoms with E-state index in [1.807, 2.05) is 30.3 Å². The minimum Gasteiger partial charge on any atom is -0.370 e. The molecule has 2 bridgehead atoms. The summed E-state index contributed by atoms with van der Waals surface area (Å²) in [4.78, 5) is 15.0. The number of amides is 1. The molecule has 3 fully saturated rings. The topological polar surface area (TPSA) is 70.2 Å². The van der Waals surface area contributed by atoms with Crippen molar-refractivity contribution >= 4 is 5.91 Å².